The van der Waals surface area contributed by atoms with Crippen LogP contribution in [0.3, 0.4) is 0 Å². The maximum atomic E-state index is 13.0. The van der Waals surface area contributed by atoms with Gasteiger partial charge in [-0.05, 0) is 42.5 Å². The van der Waals surface area contributed by atoms with Crippen molar-refractivity contribution >= 4 is 50.0 Å². The maximum absolute atomic E-state index is 13.0. The molecular formula is C21H19ClFN3O2S. The van der Waals surface area contributed by atoms with Crippen LogP contribution < -0.4 is 4.90 Å². The molecule has 0 spiro atoms. The van der Waals surface area contributed by atoms with Crippen molar-refractivity contribution in [2.45, 2.75) is 12.8 Å². The van der Waals surface area contributed by atoms with Crippen LogP contribution in [0.25, 0.3) is 10.2 Å². The molecule has 0 N–H and O–H groups in total. The number of piperazine rings is 1. The smallest absolute Gasteiger partial charge is 0.223 e. The lowest BCUT2D eigenvalue weighted by molar-refractivity contribution is -0.131. The summed E-state index contributed by atoms with van der Waals surface area (Å²) < 4.78 is 14.0. The van der Waals surface area contributed by atoms with E-state index in [0.29, 0.717) is 36.8 Å². The summed E-state index contributed by atoms with van der Waals surface area (Å²) in [6, 6.07) is 11.1. The minimum absolute atomic E-state index is 0.0313. The summed E-state index contributed by atoms with van der Waals surface area (Å²) in [6.45, 7) is 2.59. The highest BCUT2D eigenvalue weighted by molar-refractivity contribution is 7.22. The highest BCUT2D eigenvalue weighted by Gasteiger charge is 2.23. The van der Waals surface area contributed by atoms with Gasteiger partial charge in [0.2, 0.25) is 5.91 Å². The molecule has 2 heterocycles. The van der Waals surface area contributed by atoms with Gasteiger partial charge in [0.25, 0.3) is 0 Å². The van der Waals surface area contributed by atoms with Crippen LogP contribution in [0.5, 0.6) is 0 Å². The number of ketones is 1. The highest BCUT2D eigenvalue weighted by Crippen LogP contribution is 2.31. The lowest BCUT2D eigenvalue weighted by Crippen LogP contribution is -2.48. The SMILES string of the molecule is O=C(CCC(=O)N1CCN(c2nc3ccc(Cl)cc3s2)CC1)c1ccc(F)cc1. The molecule has 0 aliphatic carbocycles. The van der Waals surface area contributed by atoms with E-state index >= 15 is 0 Å². The predicted octanol–water partition coefficient (Wildman–Crippen LogP) is 4.40. The first-order chi connectivity index (χ1) is 14.0. The molecule has 1 aliphatic heterocycles. The van der Waals surface area contributed by atoms with Gasteiger partial charge in [0, 0.05) is 49.6 Å². The van der Waals surface area contributed by atoms with E-state index in [4.69, 9.17) is 11.6 Å². The number of hydrogen-bond donors (Lipinski definition) is 0. The molecule has 0 bridgehead atoms. The van der Waals surface area contributed by atoms with Crippen LogP contribution in [0.15, 0.2) is 42.5 Å². The van der Waals surface area contributed by atoms with Crippen LogP contribution in [0.2, 0.25) is 5.02 Å². The van der Waals surface area contributed by atoms with Crippen LogP contribution in [0.1, 0.15) is 23.2 Å². The number of amides is 1. The van der Waals surface area contributed by atoms with Crippen molar-refractivity contribution in [1.29, 1.82) is 0 Å². The van der Waals surface area contributed by atoms with Crippen molar-refractivity contribution < 1.29 is 14.0 Å². The number of rotatable bonds is 5. The number of carbonyl (C=O) groups is 2. The molecule has 1 aliphatic rings. The van der Waals surface area contributed by atoms with Crippen molar-refractivity contribution in [3.63, 3.8) is 0 Å². The summed E-state index contributed by atoms with van der Waals surface area (Å²) >= 11 is 7.64. The molecule has 0 saturated carbocycles. The van der Waals surface area contributed by atoms with Gasteiger partial charge in [-0.2, -0.15) is 0 Å². The second-order valence-electron chi connectivity index (χ2n) is 6.91. The molecular weight excluding hydrogens is 413 g/mol. The fourth-order valence-corrected chi connectivity index (χ4v) is 4.62. The van der Waals surface area contributed by atoms with Crippen molar-refractivity contribution in [3.05, 3.63) is 58.9 Å². The topological polar surface area (TPSA) is 53.5 Å². The third-order valence-corrected chi connectivity index (χ3v) is 6.29. The molecule has 3 aromatic rings. The van der Waals surface area contributed by atoms with Gasteiger partial charge < -0.3 is 9.80 Å². The van der Waals surface area contributed by atoms with Gasteiger partial charge in [0.15, 0.2) is 10.9 Å². The van der Waals surface area contributed by atoms with Gasteiger partial charge in [-0.15, -0.1) is 0 Å². The number of thiazole rings is 1. The van der Waals surface area contributed by atoms with Crippen molar-refractivity contribution in [1.82, 2.24) is 9.88 Å². The van der Waals surface area contributed by atoms with Crippen molar-refractivity contribution in [3.8, 4) is 0 Å². The summed E-state index contributed by atoms with van der Waals surface area (Å²) in [6.07, 6.45) is 0.291. The molecule has 29 heavy (non-hydrogen) atoms. The Morgan fingerprint density at radius 3 is 2.48 bits per heavy atom. The molecule has 8 heteroatoms. The first kappa shape index (κ1) is 19.8. The summed E-state index contributed by atoms with van der Waals surface area (Å²) in [4.78, 5) is 33.3. The Labute approximate surface area is 176 Å². The molecule has 5 nitrogen and oxygen atoms in total. The predicted molar refractivity (Wildman–Crippen MR) is 113 cm³/mol. The zero-order valence-electron chi connectivity index (χ0n) is 15.6. The first-order valence-corrected chi connectivity index (χ1v) is 10.6. The van der Waals surface area contributed by atoms with Gasteiger partial charge in [-0.1, -0.05) is 22.9 Å². The van der Waals surface area contributed by atoms with Gasteiger partial charge in [-0.3, -0.25) is 9.59 Å². The highest BCUT2D eigenvalue weighted by atomic mass is 35.5. The largest absolute Gasteiger partial charge is 0.345 e. The Morgan fingerprint density at radius 1 is 1.03 bits per heavy atom. The monoisotopic (exact) mass is 431 g/mol. The minimum Gasteiger partial charge on any atom is -0.345 e. The standard InChI is InChI=1S/C21H19ClFN3O2S/c22-15-3-6-17-19(13-15)29-21(24-17)26-11-9-25(10-12-26)20(28)8-7-18(27)14-1-4-16(23)5-2-14/h1-6,13H,7-12H2. The van der Waals surface area contributed by atoms with E-state index in [0.717, 1.165) is 15.3 Å². The summed E-state index contributed by atoms with van der Waals surface area (Å²) in [5, 5.41) is 1.62. The Bertz CT molecular complexity index is 1050. The van der Waals surface area contributed by atoms with E-state index in [1.54, 1.807) is 16.2 Å². The van der Waals surface area contributed by atoms with E-state index in [-0.39, 0.29) is 30.3 Å². The summed E-state index contributed by atoms with van der Waals surface area (Å²) in [5.41, 5.74) is 1.35. The number of aromatic nitrogens is 1. The minimum atomic E-state index is -0.383. The average molecular weight is 432 g/mol. The summed E-state index contributed by atoms with van der Waals surface area (Å²) in [7, 11) is 0. The number of Topliss-reactive ketones (excluding diaryl/α,β-unsaturated/α-hetero) is 1. The molecule has 4 rings (SSSR count). The normalized spacial score (nSPS) is 14.4. The van der Waals surface area contributed by atoms with Gasteiger partial charge >= 0.3 is 0 Å². The molecule has 1 amide bonds. The van der Waals surface area contributed by atoms with E-state index in [1.807, 2.05) is 18.2 Å². The molecule has 2 aromatic carbocycles. The molecule has 0 radical (unpaired) electrons. The van der Waals surface area contributed by atoms with Gasteiger partial charge in [0.05, 0.1) is 10.2 Å². The van der Waals surface area contributed by atoms with Crippen molar-refractivity contribution in [2.24, 2.45) is 0 Å². The Morgan fingerprint density at radius 2 is 1.76 bits per heavy atom. The Kier molecular flexibility index (Phi) is 5.78. The lowest BCUT2D eigenvalue weighted by atomic mass is 10.1. The molecule has 1 saturated heterocycles. The number of anilines is 1. The first-order valence-electron chi connectivity index (χ1n) is 9.37. The Balaban J connectivity index is 1.30. The molecule has 150 valence electrons. The molecule has 0 unspecified atom stereocenters. The molecule has 1 fully saturated rings. The number of halogens is 2. The van der Waals surface area contributed by atoms with E-state index in [2.05, 4.69) is 9.88 Å². The van der Waals surface area contributed by atoms with Crippen LogP contribution >= 0.6 is 22.9 Å². The van der Waals surface area contributed by atoms with E-state index in [9.17, 15) is 14.0 Å². The second kappa shape index (κ2) is 8.47. The molecule has 0 atom stereocenters. The zero-order chi connectivity index (χ0) is 20.4. The number of nitrogens with zero attached hydrogens (tertiary/aromatic N) is 3. The maximum Gasteiger partial charge on any atom is 0.223 e. The second-order valence-corrected chi connectivity index (χ2v) is 8.35. The average Bonchev–Trinajstić information content (AvgIpc) is 3.15. The number of carbonyl (C=O) groups excluding carboxylic acids is 2. The van der Waals surface area contributed by atoms with E-state index in [1.165, 1.54) is 24.3 Å². The van der Waals surface area contributed by atoms with Crippen LogP contribution in [-0.2, 0) is 4.79 Å². The van der Waals surface area contributed by atoms with Crippen LogP contribution in [-0.4, -0.2) is 47.8 Å². The third-order valence-electron chi connectivity index (χ3n) is 4.97. The molecule has 1 aromatic heterocycles. The van der Waals surface area contributed by atoms with Crippen LogP contribution in [0, 0.1) is 5.82 Å². The van der Waals surface area contributed by atoms with Gasteiger partial charge in [-0.25, -0.2) is 9.37 Å². The lowest BCUT2D eigenvalue weighted by Gasteiger charge is -2.34. The fourth-order valence-electron chi connectivity index (χ4n) is 3.33. The van der Waals surface area contributed by atoms with Crippen LogP contribution in [0.4, 0.5) is 9.52 Å². The van der Waals surface area contributed by atoms with Gasteiger partial charge in [0.1, 0.15) is 5.82 Å². The Hall–Kier alpha value is -2.51. The zero-order valence-corrected chi connectivity index (χ0v) is 17.2. The fraction of sp³-hybridized carbons (Fsp3) is 0.286. The third kappa shape index (κ3) is 4.57. The quantitative estimate of drug-likeness (QED) is 0.562. The number of fused-ring (bicyclic) bond motifs is 1. The number of hydrogen-bond acceptors (Lipinski definition) is 5. The van der Waals surface area contributed by atoms with Crippen molar-refractivity contribution in [2.75, 3.05) is 31.1 Å². The number of benzene rings is 2. The summed E-state index contributed by atoms with van der Waals surface area (Å²) in [5.74, 6) is -0.562. The van der Waals surface area contributed by atoms with E-state index < -0.39 is 0 Å².